The highest BCUT2D eigenvalue weighted by Crippen LogP contribution is 2.56. The molecule has 6 nitrogen and oxygen atoms in total. The van der Waals surface area contributed by atoms with Crippen LogP contribution >= 0.6 is 0 Å². The van der Waals surface area contributed by atoms with Crippen LogP contribution in [0.25, 0.3) is 27.5 Å². The highest BCUT2D eigenvalue weighted by Gasteiger charge is 2.45. The van der Waals surface area contributed by atoms with Crippen LogP contribution in [0, 0.1) is 12.3 Å². The number of fused-ring (bicyclic) bond motifs is 4. The number of amides is 1. The van der Waals surface area contributed by atoms with Crippen molar-refractivity contribution in [1.82, 2.24) is 4.90 Å². The first kappa shape index (κ1) is 24.7. The Bertz CT molecular complexity index is 1700. The van der Waals surface area contributed by atoms with E-state index >= 15 is 0 Å². The molecule has 1 heterocycles. The normalized spacial score (nSPS) is 17.7. The van der Waals surface area contributed by atoms with Gasteiger partial charge in [0.05, 0.1) is 5.57 Å². The lowest BCUT2D eigenvalue weighted by Crippen LogP contribution is -2.43. The third kappa shape index (κ3) is 3.54. The van der Waals surface area contributed by atoms with Crippen molar-refractivity contribution in [2.45, 2.75) is 45.9 Å². The van der Waals surface area contributed by atoms with E-state index in [0.29, 0.717) is 22.3 Å². The van der Waals surface area contributed by atoms with Gasteiger partial charge in [-0.2, -0.15) is 0 Å². The molecule has 0 fully saturated rings. The summed E-state index contributed by atoms with van der Waals surface area (Å²) < 4.78 is 11.4. The lowest BCUT2D eigenvalue weighted by Gasteiger charge is -2.31. The van der Waals surface area contributed by atoms with E-state index in [1.807, 2.05) is 64.1 Å². The van der Waals surface area contributed by atoms with Crippen molar-refractivity contribution in [3.63, 3.8) is 0 Å². The van der Waals surface area contributed by atoms with Crippen molar-refractivity contribution in [3.8, 4) is 18.1 Å². The van der Waals surface area contributed by atoms with Crippen LogP contribution in [-0.2, 0) is 14.3 Å². The number of Topliss-reactive ketones (excluding diaryl/α,β-unsaturated/α-hetero) is 1. The molecule has 2 aliphatic carbocycles. The van der Waals surface area contributed by atoms with Gasteiger partial charge in [-0.3, -0.25) is 9.59 Å². The minimum Gasteiger partial charge on any atom is -0.473 e. The van der Waals surface area contributed by atoms with Gasteiger partial charge in [0.1, 0.15) is 17.9 Å². The van der Waals surface area contributed by atoms with Crippen molar-refractivity contribution in [3.05, 3.63) is 82.4 Å². The Labute approximate surface area is 226 Å². The number of nitrogens with zero attached hydrogens (tertiary/aromatic N) is 1. The third-order valence-corrected chi connectivity index (χ3v) is 7.52. The molecule has 1 amide bonds. The number of hydrogen-bond acceptors (Lipinski definition) is 5. The Morgan fingerprint density at radius 2 is 1.46 bits per heavy atom. The van der Waals surface area contributed by atoms with Crippen LogP contribution in [0.2, 0.25) is 0 Å². The lowest BCUT2D eigenvalue weighted by atomic mass is 9.92. The van der Waals surface area contributed by atoms with E-state index in [0.717, 1.165) is 21.9 Å². The molecule has 194 valence electrons. The fraction of sp³-hybridized carbons (Fsp3) is 0.242. The highest BCUT2D eigenvalue weighted by molar-refractivity contribution is 6.56. The van der Waals surface area contributed by atoms with Crippen LogP contribution in [0.4, 0.5) is 0 Å². The van der Waals surface area contributed by atoms with Crippen LogP contribution in [0.1, 0.15) is 54.7 Å². The zero-order valence-electron chi connectivity index (χ0n) is 22.2. The van der Waals surface area contributed by atoms with Gasteiger partial charge >= 0.3 is 5.97 Å². The number of cyclic esters (lactones) is 1. The van der Waals surface area contributed by atoms with E-state index in [1.165, 1.54) is 0 Å². The minimum absolute atomic E-state index is 0.0982. The van der Waals surface area contributed by atoms with E-state index in [2.05, 4.69) is 5.92 Å². The van der Waals surface area contributed by atoms with Crippen LogP contribution < -0.4 is 4.74 Å². The van der Waals surface area contributed by atoms with Crippen molar-refractivity contribution in [1.29, 1.82) is 0 Å². The van der Waals surface area contributed by atoms with Gasteiger partial charge in [0.25, 0.3) is 5.91 Å². The second-order valence-corrected chi connectivity index (χ2v) is 10.5. The molecule has 0 radical (unpaired) electrons. The van der Waals surface area contributed by atoms with Crippen LogP contribution in [-0.4, -0.2) is 47.4 Å². The van der Waals surface area contributed by atoms with Crippen molar-refractivity contribution < 1.29 is 23.9 Å². The second kappa shape index (κ2) is 8.99. The fourth-order valence-electron chi connectivity index (χ4n) is 6.06. The number of terminal acetylenes is 1. The van der Waals surface area contributed by atoms with Crippen molar-refractivity contribution in [2.75, 3.05) is 6.61 Å². The first-order valence-corrected chi connectivity index (χ1v) is 13.1. The van der Waals surface area contributed by atoms with Crippen molar-refractivity contribution in [2.24, 2.45) is 0 Å². The summed E-state index contributed by atoms with van der Waals surface area (Å²) in [7, 11) is 0. The van der Waals surface area contributed by atoms with E-state index in [9.17, 15) is 14.4 Å². The molecule has 0 bridgehead atoms. The van der Waals surface area contributed by atoms with E-state index in [4.69, 9.17) is 15.9 Å². The SMILES string of the molecule is C#CC1COC(=O)c2cccc(C3=C4C(=C(C(=O)N(C(C)C)C(C)C)C3=O)c3cccc5cccc4c35)c2O1. The zero-order chi connectivity index (χ0) is 27.6. The smallest absolute Gasteiger partial charge is 0.342 e. The summed E-state index contributed by atoms with van der Waals surface area (Å²) in [4.78, 5) is 43.3. The molecular weight excluding hydrogens is 490 g/mol. The molecule has 39 heavy (non-hydrogen) atoms. The fourth-order valence-corrected chi connectivity index (χ4v) is 6.06. The Morgan fingerprint density at radius 3 is 2.10 bits per heavy atom. The van der Waals surface area contributed by atoms with Crippen LogP contribution in [0.15, 0.2) is 60.2 Å². The number of ketones is 1. The molecule has 6 heteroatoms. The third-order valence-electron chi connectivity index (χ3n) is 7.52. The Hall–Kier alpha value is -4.63. The standard InChI is InChI=1S/C33H27NO5/c1-6-20-16-38-33(37)24-15-9-14-23(31(24)39-20)28-26-21-12-7-10-19-11-8-13-22(25(19)21)27(26)29(30(28)35)32(36)34(17(2)3)18(4)5/h1,7-15,17-18,20H,16H2,2-5H3. The second-order valence-electron chi connectivity index (χ2n) is 10.5. The largest absolute Gasteiger partial charge is 0.473 e. The Morgan fingerprint density at radius 1 is 0.872 bits per heavy atom. The summed E-state index contributed by atoms with van der Waals surface area (Å²) in [6.45, 7) is 7.67. The summed E-state index contributed by atoms with van der Waals surface area (Å²) in [6, 6.07) is 16.6. The maximum absolute atomic E-state index is 14.5. The van der Waals surface area contributed by atoms with Gasteiger partial charge in [-0.15, -0.1) is 6.42 Å². The van der Waals surface area contributed by atoms with Crippen LogP contribution in [0.3, 0.4) is 0 Å². The zero-order valence-corrected chi connectivity index (χ0v) is 22.2. The lowest BCUT2D eigenvalue weighted by molar-refractivity contribution is -0.131. The molecule has 0 saturated heterocycles. The number of carbonyl (C=O) groups excluding carboxylic acids is 3. The molecule has 0 aromatic heterocycles. The molecule has 3 aliphatic rings. The predicted octanol–water partition coefficient (Wildman–Crippen LogP) is 5.30. The summed E-state index contributed by atoms with van der Waals surface area (Å²) >= 11 is 0. The number of para-hydroxylation sites is 1. The highest BCUT2D eigenvalue weighted by atomic mass is 16.6. The predicted molar refractivity (Wildman–Crippen MR) is 150 cm³/mol. The molecule has 0 spiro atoms. The minimum atomic E-state index is -0.812. The van der Waals surface area contributed by atoms with Gasteiger partial charge in [0.15, 0.2) is 6.10 Å². The molecule has 1 aliphatic heterocycles. The number of allylic oxidation sites excluding steroid dienone is 3. The number of benzene rings is 3. The number of ether oxygens (including phenoxy) is 2. The average molecular weight is 518 g/mol. The molecule has 6 rings (SSSR count). The number of hydrogen-bond donors (Lipinski definition) is 0. The van der Waals surface area contributed by atoms with E-state index in [-0.39, 0.29) is 41.5 Å². The molecule has 3 aromatic rings. The number of esters is 1. The first-order chi connectivity index (χ1) is 18.7. The summed E-state index contributed by atoms with van der Waals surface area (Å²) in [6.07, 6.45) is 4.84. The van der Waals surface area contributed by atoms with Gasteiger partial charge < -0.3 is 14.4 Å². The molecule has 1 unspecified atom stereocenters. The Balaban J connectivity index is 1.67. The monoisotopic (exact) mass is 517 g/mol. The molecule has 3 aromatic carbocycles. The van der Waals surface area contributed by atoms with Gasteiger partial charge in [-0.05, 0) is 55.7 Å². The maximum Gasteiger partial charge on any atom is 0.342 e. The molecule has 0 N–H and O–H groups in total. The topological polar surface area (TPSA) is 72.9 Å². The van der Waals surface area contributed by atoms with Gasteiger partial charge in [0, 0.05) is 34.4 Å². The maximum atomic E-state index is 14.5. The molecular formula is C33H27NO5. The summed E-state index contributed by atoms with van der Waals surface area (Å²) in [5.41, 5.74) is 4.08. The van der Waals surface area contributed by atoms with Crippen molar-refractivity contribution >= 4 is 45.2 Å². The summed E-state index contributed by atoms with van der Waals surface area (Å²) in [5, 5.41) is 2.01. The van der Waals surface area contributed by atoms with Crippen LogP contribution in [0.5, 0.6) is 5.75 Å². The molecule has 0 saturated carbocycles. The summed E-state index contributed by atoms with van der Waals surface area (Å²) in [5.74, 6) is 1.41. The van der Waals surface area contributed by atoms with E-state index in [1.54, 1.807) is 23.1 Å². The van der Waals surface area contributed by atoms with Gasteiger partial charge in [-0.25, -0.2) is 4.79 Å². The Kier molecular flexibility index (Phi) is 5.69. The average Bonchev–Trinajstić information content (AvgIpc) is 3.31. The van der Waals surface area contributed by atoms with E-state index < -0.39 is 17.9 Å². The van der Waals surface area contributed by atoms with Gasteiger partial charge in [-0.1, -0.05) is 54.5 Å². The number of rotatable bonds is 4. The number of carbonyl (C=O) groups is 3. The quantitative estimate of drug-likeness (QED) is 0.267. The molecule has 1 atom stereocenters. The van der Waals surface area contributed by atoms with Gasteiger partial charge in [0.2, 0.25) is 5.78 Å². The first-order valence-electron chi connectivity index (χ1n) is 13.1.